The van der Waals surface area contributed by atoms with E-state index in [1.807, 2.05) is 0 Å². The number of aliphatic hydroxyl groups excluding tert-OH is 1. The minimum atomic E-state index is -1.79. The third kappa shape index (κ3) is 4.93. The lowest BCUT2D eigenvalue weighted by Crippen LogP contribution is -2.79. The maximum absolute atomic E-state index is 13.0. The Labute approximate surface area is 250 Å². The van der Waals surface area contributed by atoms with Gasteiger partial charge < -0.3 is 38.6 Å². The van der Waals surface area contributed by atoms with E-state index >= 15 is 0 Å². The smallest absolute Gasteiger partial charge is 0.303 e. The molecule has 6 unspecified atom stereocenters. The summed E-state index contributed by atoms with van der Waals surface area (Å²) in [5.74, 6) is -4.83. The number of hydrogen-bond acceptors (Lipinski definition) is 13. The van der Waals surface area contributed by atoms with Gasteiger partial charge in [0.1, 0.15) is 18.3 Å². The predicted octanol–water partition coefficient (Wildman–Crippen LogP) is 1.29. The van der Waals surface area contributed by atoms with Crippen molar-refractivity contribution in [2.45, 2.75) is 123 Å². The lowest BCUT2D eigenvalue weighted by Gasteiger charge is -2.65. The molecule has 0 spiro atoms. The first-order valence-corrected chi connectivity index (χ1v) is 14.4. The third-order valence-corrected chi connectivity index (χ3v) is 9.87. The molecule has 240 valence electrons. The molecule has 0 bridgehead atoms. The molecule has 0 aromatic rings. The van der Waals surface area contributed by atoms with Crippen LogP contribution in [0.2, 0.25) is 0 Å². The van der Waals surface area contributed by atoms with Gasteiger partial charge in [-0.05, 0) is 38.3 Å². The number of carbonyl (C=O) groups excluding carboxylic acids is 5. The molecular weight excluding hydrogens is 568 g/mol. The minimum Gasteiger partial charge on any atom is -0.462 e. The van der Waals surface area contributed by atoms with Crippen LogP contribution < -0.4 is 0 Å². The van der Waals surface area contributed by atoms with E-state index in [0.717, 1.165) is 13.8 Å². The molecule has 43 heavy (non-hydrogen) atoms. The number of ether oxygens (including phenoxy) is 6. The predicted molar refractivity (Wildman–Crippen MR) is 145 cm³/mol. The maximum Gasteiger partial charge on any atom is 0.303 e. The van der Waals surface area contributed by atoms with Crippen LogP contribution in [-0.4, -0.2) is 94.5 Å². The summed E-state index contributed by atoms with van der Waals surface area (Å²) >= 11 is 0. The van der Waals surface area contributed by atoms with Crippen molar-refractivity contribution in [1.82, 2.24) is 0 Å². The van der Waals surface area contributed by atoms with Crippen molar-refractivity contribution in [3.8, 4) is 0 Å². The Balaban J connectivity index is 2.23. The molecule has 3 aliphatic carbocycles. The van der Waals surface area contributed by atoms with Gasteiger partial charge in [-0.2, -0.15) is 0 Å². The summed E-state index contributed by atoms with van der Waals surface area (Å²) in [5, 5.41) is 23.4. The van der Waals surface area contributed by atoms with E-state index in [1.165, 1.54) is 34.6 Å². The summed E-state index contributed by atoms with van der Waals surface area (Å²) < 4.78 is 35.9. The van der Waals surface area contributed by atoms with Crippen LogP contribution in [0.3, 0.4) is 0 Å². The second-order valence-corrected chi connectivity index (χ2v) is 13.0. The quantitative estimate of drug-likeness (QED) is 0.250. The number of rotatable bonds is 6. The van der Waals surface area contributed by atoms with Crippen molar-refractivity contribution >= 4 is 29.8 Å². The Hall–Kier alpha value is -3.03. The lowest BCUT2D eigenvalue weighted by atomic mass is 9.49. The molecule has 2 N–H and O–H groups in total. The number of hydrogen-bond donors (Lipinski definition) is 2. The van der Waals surface area contributed by atoms with Crippen molar-refractivity contribution < 1.29 is 62.6 Å². The van der Waals surface area contributed by atoms with Gasteiger partial charge in [-0.1, -0.05) is 6.92 Å². The van der Waals surface area contributed by atoms with Crippen LogP contribution in [0.5, 0.6) is 0 Å². The monoisotopic (exact) mass is 610 g/mol. The van der Waals surface area contributed by atoms with Gasteiger partial charge >= 0.3 is 29.8 Å². The molecule has 0 aromatic heterocycles. The molecule has 13 nitrogen and oxygen atoms in total. The van der Waals surface area contributed by atoms with E-state index in [-0.39, 0.29) is 25.0 Å². The maximum atomic E-state index is 13.0. The Morgan fingerprint density at radius 1 is 0.860 bits per heavy atom. The van der Waals surface area contributed by atoms with E-state index < -0.39 is 94.4 Å². The molecule has 4 rings (SSSR count). The minimum absolute atomic E-state index is 0.00657. The zero-order valence-corrected chi connectivity index (χ0v) is 26.0. The highest BCUT2D eigenvalue weighted by atomic mass is 16.6. The highest BCUT2D eigenvalue weighted by molar-refractivity contribution is 5.70. The van der Waals surface area contributed by atoms with Gasteiger partial charge in [0.15, 0.2) is 17.8 Å². The van der Waals surface area contributed by atoms with Gasteiger partial charge in [-0.25, -0.2) is 0 Å². The number of fused-ring (bicyclic) bond motifs is 4. The fraction of sp³-hybridized carbons (Fsp3) is 0.767. The Morgan fingerprint density at radius 2 is 1.40 bits per heavy atom. The lowest BCUT2D eigenvalue weighted by molar-refractivity contribution is -0.353. The highest BCUT2D eigenvalue weighted by Gasteiger charge is 2.80. The number of aliphatic hydroxyl groups is 2. The molecule has 0 aromatic carbocycles. The van der Waals surface area contributed by atoms with Crippen LogP contribution in [0.25, 0.3) is 0 Å². The fourth-order valence-electron chi connectivity index (χ4n) is 8.39. The molecule has 0 radical (unpaired) electrons. The molecule has 10 atom stereocenters. The molecule has 2 saturated carbocycles. The summed E-state index contributed by atoms with van der Waals surface area (Å²) in [6, 6.07) is 0. The van der Waals surface area contributed by atoms with E-state index in [0.29, 0.717) is 5.57 Å². The zero-order chi connectivity index (χ0) is 32.4. The average Bonchev–Trinajstić information content (AvgIpc) is 3.07. The molecule has 0 amide bonds. The summed E-state index contributed by atoms with van der Waals surface area (Å²) in [6.07, 6.45) is -7.62. The molecular formula is C30H42O13. The number of esters is 5. The van der Waals surface area contributed by atoms with E-state index in [2.05, 4.69) is 0 Å². The van der Waals surface area contributed by atoms with E-state index in [4.69, 9.17) is 28.4 Å². The van der Waals surface area contributed by atoms with Crippen LogP contribution in [0.15, 0.2) is 11.1 Å². The van der Waals surface area contributed by atoms with Gasteiger partial charge in [-0.15, -0.1) is 0 Å². The molecule has 13 heteroatoms. The van der Waals surface area contributed by atoms with Crippen LogP contribution >= 0.6 is 0 Å². The van der Waals surface area contributed by atoms with Crippen molar-refractivity contribution in [2.24, 2.45) is 16.7 Å². The number of carbonyl (C=O) groups is 5. The zero-order valence-electron chi connectivity index (χ0n) is 26.0. The van der Waals surface area contributed by atoms with Crippen LogP contribution in [0.1, 0.15) is 75.2 Å². The van der Waals surface area contributed by atoms with Gasteiger partial charge in [0, 0.05) is 41.0 Å². The Kier molecular flexibility index (Phi) is 8.29. The molecule has 1 saturated heterocycles. The topological polar surface area (TPSA) is 181 Å². The average molecular weight is 611 g/mol. The normalized spacial score (nSPS) is 40.0. The van der Waals surface area contributed by atoms with Crippen LogP contribution in [0.4, 0.5) is 0 Å². The van der Waals surface area contributed by atoms with Gasteiger partial charge in [0.05, 0.1) is 35.1 Å². The Bertz CT molecular complexity index is 1250. The first-order valence-electron chi connectivity index (χ1n) is 14.4. The van der Waals surface area contributed by atoms with Crippen molar-refractivity contribution in [3.05, 3.63) is 11.1 Å². The van der Waals surface area contributed by atoms with Gasteiger partial charge in [-0.3, -0.25) is 24.0 Å². The summed E-state index contributed by atoms with van der Waals surface area (Å²) in [6.45, 7) is 11.9. The first-order chi connectivity index (χ1) is 19.7. The summed E-state index contributed by atoms with van der Waals surface area (Å²) in [4.78, 5) is 63.7. The van der Waals surface area contributed by atoms with Crippen molar-refractivity contribution in [3.63, 3.8) is 0 Å². The van der Waals surface area contributed by atoms with Gasteiger partial charge in [0.25, 0.3) is 0 Å². The second kappa shape index (κ2) is 10.8. The van der Waals surface area contributed by atoms with E-state index in [9.17, 15) is 34.2 Å². The second-order valence-electron chi connectivity index (χ2n) is 13.0. The van der Waals surface area contributed by atoms with Crippen LogP contribution in [0, 0.1) is 16.7 Å². The molecule has 1 aliphatic heterocycles. The fourth-order valence-corrected chi connectivity index (χ4v) is 8.39. The highest BCUT2D eigenvalue weighted by Crippen LogP contribution is 2.68. The molecule has 1 heterocycles. The summed E-state index contributed by atoms with van der Waals surface area (Å²) in [7, 11) is 0. The third-order valence-electron chi connectivity index (χ3n) is 9.87. The van der Waals surface area contributed by atoms with E-state index in [1.54, 1.807) is 13.8 Å². The standard InChI is InChI=1S/C30H42O13/c1-13-19(36)11-29(27(7,8)37)22(13)23(40-15(3)32)25(41-16(4)33)28(9)20(39-14(2)31)10-21-30(12-38-21,43-18(6)35)24(28)26(29)42-17(5)34/h19-21,23-26,36-37H,10-12H2,1-9H3/t19?,20?,21?,23?,24-,25?,26?,28+,29+,30-/m0/s1. The first kappa shape index (κ1) is 32.9. The van der Waals surface area contributed by atoms with Gasteiger partial charge in [0.2, 0.25) is 0 Å². The Morgan fingerprint density at radius 3 is 1.84 bits per heavy atom. The molecule has 3 fully saturated rings. The largest absolute Gasteiger partial charge is 0.462 e. The molecule has 4 aliphatic rings. The van der Waals surface area contributed by atoms with Crippen LogP contribution in [-0.2, 0) is 52.4 Å². The van der Waals surface area contributed by atoms with Crippen molar-refractivity contribution in [1.29, 1.82) is 0 Å². The van der Waals surface area contributed by atoms with Crippen molar-refractivity contribution in [2.75, 3.05) is 6.61 Å². The summed E-state index contributed by atoms with van der Waals surface area (Å²) in [5.41, 5.74) is -6.07. The SMILES string of the molecule is CC(=O)OC1C2=C(C)C(O)C[C@]2(C(C)(C)O)C(OC(C)=O)[C@H]2[C@@](C)(C(OC(C)=O)CC3OC[C@]32OC(C)=O)C1OC(C)=O.